The SMILES string of the molecule is O=C(CCCC(=O)NC1CCCCC1)N/N=C/c1c(O)ccc2ccccc12. The Morgan fingerprint density at radius 2 is 1.79 bits per heavy atom. The molecular weight excluding hydrogens is 354 g/mol. The van der Waals surface area contributed by atoms with Gasteiger partial charge in [-0.25, -0.2) is 5.43 Å². The molecule has 0 heterocycles. The Morgan fingerprint density at radius 3 is 2.61 bits per heavy atom. The molecule has 6 heteroatoms. The zero-order valence-corrected chi connectivity index (χ0v) is 16.0. The fraction of sp³-hybridized carbons (Fsp3) is 0.409. The molecule has 1 aliphatic carbocycles. The van der Waals surface area contributed by atoms with Crippen LogP contribution in [0.25, 0.3) is 10.8 Å². The number of phenols is 1. The standard InChI is InChI=1S/C22H27N3O3/c26-20-14-13-16-7-4-5-10-18(16)19(20)15-23-25-22(28)12-6-11-21(27)24-17-8-2-1-3-9-17/h4-5,7,10,13-15,17,26H,1-3,6,8-9,11-12H2,(H,24,27)(H,25,28)/b23-15+. The number of nitrogens with one attached hydrogen (secondary N) is 2. The zero-order chi connectivity index (χ0) is 19.8. The van der Waals surface area contributed by atoms with E-state index in [9.17, 15) is 14.7 Å². The van der Waals surface area contributed by atoms with Crippen LogP contribution in [0, 0.1) is 0 Å². The summed E-state index contributed by atoms with van der Waals surface area (Å²) in [4.78, 5) is 23.9. The second-order valence-electron chi connectivity index (χ2n) is 7.27. The molecule has 2 aromatic carbocycles. The number of hydrogen-bond donors (Lipinski definition) is 3. The maximum absolute atomic E-state index is 12.0. The number of benzene rings is 2. The molecule has 0 unspecified atom stereocenters. The van der Waals surface area contributed by atoms with Gasteiger partial charge in [0.25, 0.3) is 0 Å². The van der Waals surface area contributed by atoms with Crippen LogP contribution in [0.3, 0.4) is 0 Å². The maximum Gasteiger partial charge on any atom is 0.240 e. The van der Waals surface area contributed by atoms with Crippen molar-refractivity contribution < 1.29 is 14.7 Å². The van der Waals surface area contributed by atoms with Crippen molar-refractivity contribution in [1.29, 1.82) is 0 Å². The molecule has 0 atom stereocenters. The molecule has 2 aromatic rings. The Kier molecular flexibility index (Phi) is 7.00. The third-order valence-electron chi connectivity index (χ3n) is 5.11. The number of nitrogens with zero attached hydrogens (tertiary/aromatic N) is 1. The summed E-state index contributed by atoms with van der Waals surface area (Å²) in [6, 6.07) is 11.4. The highest BCUT2D eigenvalue weighted by molar-refractivity contribution is 6.02. The van der Waals surface area contributed by atoms with Crippen molar-refractivity contribution in [3.63, 3.8) is 0 Å². The van der Waals surface area contributed by atoms with E-state index in [-0.39, 0.29) is 24.0 Å². The first kappa shape index (κ1) is 19.9. The van der Waals surface area contributed by atoms with Gasteiger partial charge in [-0.2, -0.15) is 5.10 Å². The molecule has 6 nitrogen and oxygen atoms in total. The molecule has 0 saturated heterocycles. The number of fused-ring (bicyclic) bond motifs is 1. The summed E-state index contributed by atoms with van der Waals surface area (Å²) in [5.41, 5.74) is 3.03. The van der Waals surface area contributed by atoms with Crippen LogP contribution in [0.2, 0.25) is 0 Å². The van der Waals surface area contributed by atoms with Crippen LogP contribution >= 0.6 is 0 Å². The highest BCUT2D eigenvalue weighted by Crippen LogP contribution is 2.25. The molecule has 0 aromatic heterocycles. The van der Waals surface area contributed by atoms with Crippen molar-refractivity contribution >= 4 is 28.8 Å². The summed E-state index contributed by atoms with van der Waals surface area (Å²) in [5.74, 6) is -0.124. The van der Waals surface area contributed by atoms with E-state index in [0.29, 0.717) is 24.4 Å². The molecule has 0 radical (unpaired) electrons. The van der Waals surface area contributed by atoms with Crippen molar-refractivity contribution in [2.45, 2.75) is 57.4 Å². The molecular formula is C22H27N3O3. The van der Waals surface area contributed by atoms with Gasteiger partial charge in [-0.05, 0) is 36.1 Å². The number of phenolic OH excluding ortho intramolecular Hbond substituents is 1. The zero-order valence-electron chi connectivity index (χ0n) is 16.0. The number of hydrogen-bond acceptors (Lipinski definition) is 4. The lowest BCUT2D eigenvalue weighted by atomic mass is 9.95. The van der Waals surface area contributed by atoms with E-state index < -0.39 is 0 Å². The van der Waals surface area contributed by atoms with Crippen LogP contribution in [0.15, 0.2) is 41.5 Å². The smallest absolute Gasteiger partial charge is 0.240 e. The lowest BCUT2D eigenvalue weighted by Gasteiger charge is -2.22. The largest absolute Gasteiger partial charge is 0.507 e. The minimum Gasteiger partial charge on any atom is -0.507 e. The summed E-state index contributed by atoms with van der Waals surface area (Å²) < 4.78 is 0. The monoisotopic (exact) mass is 381 g/mol. The van der Waals surface area contributed by atoms with Crippen LogP contribution in [-0.2, 0) is 9.59 Å². The first-order chi connectivity index (χ1) is 13.6. The third kappa shape index (κ3) is 5.55. The van der Waals surface area contributed by atoms with E-state index in [4.69, 9.17) is 0 Å². The molecule has 28 heavy (non-hydrogen) atoms. The van der Waals surface area contributed by atoms with Crippen LogP contribution in [0.4, 0.5) is 0 Å². The number of aromatic hydroxyl groups is 1. The van der Waals surface area contributed by atoms with Crippen LogP contribution < -0.4 is 10.7 Å². The molecule has 2 amide bonds. The normalized spacial score (nSPS) is 15.0. The van der Waals surface area contributed by atoms with Crippen LogP contribution in [-0.4, -0.2) is 29.2 Å². The number of carbonyl (C=O) groups excluding carboxylic acids is 2. The second-order valence-corrected chi connectivity index (χ2v) is 7.27. The van der Waals surface area contributed by atoms with Gasteiger partial charge in [0.1, 0.15) is 5.75 Å². The fourth-order valence-corrected chi connectivity index (χ4v) is 3.60. The Bertz CT molecular complexity index is 857. The summed E-state index contributed by atoms with van der Waals surface area (Å²) in [6.07, 6.45) is 8.24. The third-order valence-corrected chi connectivity index (χ3v) is 5.11. The average molecular weight is 381 g/mol. The molecule has 3 N–H and O–H groups in total. The van der Waals surface area contributed by atoms with E-state index in [2.05, 4.69) is 15.8 Å². The highest BCUT2D eigenvalue weighted by atomic mass is 16.3. The average Bonchev–Trinajstić information content (AvgIpc) is 2.70. The summed E-state index contributed by atoms with van der Waals surface area (Å²) in [7, 11) is 0. The molecule has 0 aliphatic heterocycles. The van der Waals surface area contributed by atoms with E-state index >= 15 is 0 Å². The first-order valence-corrected chi connectivity index (χ1v) is 9.95. The minimum absolute atomic E-state index is 0.0175. The Labute approximate surface area is 165 Å². The van der Waals surface area contributed by atoms with E-state index in [0.717, 1.165) is 23.6 Å². The second kappa shape index (κ2) is 9.88. The van der Waals surface area contributed by atoms with Crippen molar-refractivity contribution in [3.05, 3.63) is 42.0 Å². The molecule has 1 fully saturated rings. The van der Waals surface area contributed by atoms with Gasteiger partial charge in [0.05, 0.1) is 6.21 Å². The topological polar surface area (TPSA) is 90.8 Å². The van der Waals surface area contributed by atoms with Gasteiger partial charge in [0.2, 0.25) is 11.8 Å². The van der Waals surface area contributed by atoms with E-state index in [1.807, 2.05) is 30.3 Å². The van der Waals surface area contributed by atoms with Gasteiger partial charge < -0.3 is 10.4 Å². The highest BCUT2D eigenvalue weighted by Gasteiger charge is 2.15. The molecule has 148 valence electrons. The first-order valence-electron chi connectivity index (χ1n) is 9.95. The summed E-state index contributed by atoms with van der Waals surface area (Å²) >= 11 is 0. The predicted octanol–water partition coefficient (Wildman–Crippen LogP) is 3.61. The molecule has 0 spiro atoms. The van der Waals surface area contributed by atoms with Gasteiger partial charge in [-0.15, -0.1) is 0 Å². The fourth-order valence-electron chi connectivity index (χ4n) is 3.60. The Morgan fingerprint density at radius 1 is 1.04 bits per heavy atom. The molecule has 1 saturated carbocycles. The molecule has 1 aliphatic rings. The number of carbonyl (C=O) groups is 2. The minimum atomic E-state index is -0.249. The van der Waals surface area contributed by atoms with Crippen LogP contribution in [0.5, 0.6) is 5.75 Å². The van der Waals surface area contributed by atoms with E-state index in [1.165, 1.54) is 25.5 Å². The molecule has 0 bridgehead atoms. The summed E-state index contributed by atoms with van der Waals surface area (Å²) in [6.45, 7) is 0. The number of rotatable bonds is 7. The Balaban J connectivity index is 1.43. The van der Waals surface area contributed by atoms with Gasteiger partial charge in [-0.3, -0.25) is 9.59 Å². The van der Waals surface area contributed by atoms with Crippen LogP contribution in [0.1, 0.15) is 56.9 Å². The van der Waals surface area contributed by atoms with Crippen molar-refractivity contribution in [3.8, 4) is 5.75 Å². The van der Waals surface area contributed by atoms with Gasteiger partial charge in [0.15, 0.2) is 0 Å². The van der Waals surface area contributed by atoms with Crippen molar-refractivity contribution in [2.24, 2.45) is 5.10 Å². The van der Waals surface area contributed by atoms with Gasteiger partial charge in [-0.1, -0.05) is 49.6 Å². The molecule has 3 rings (SSSR count). The lowest BCUT2D eigenvalue weighted by molar-refractivity contribution is -0.123. The maximum atomic E-state index is 12.0. The van der Waals surface area contributed by atoms with Gasteiger partial charge >= 0.3 is 0 Å². The summed E-state index contributed by atoms with van der Waals surface area (Å²) in [5, 5.41) is 18.9. The van der Waals surface area contributed by atoms with Gasteiger partial charge in [0, 0.05) is 24.4 Å². The number of amides is 2. The quantitative estimate of drug-likeness (QED) is 0.505. The van der Waals surface area contributed by atoms with Crippen molar-refractivity contribution in [2.75, 3.05) is 0 Å². The van der Waals surface area contributed by atoms with Crippen molar-refractivity contribution in [1.82, 2.24) is 10.7 Å². The Hall–Kier alpha value is -2.89. The van der Waals surface area contributed by atoms with E-state index in [1.54, 1.807) is 6.07 Å². The predicted molar refractivity (Wildman–Crippen MR) is 110 cm³/mol. The number of hydrazone groups is 1. The lowest BCUT2D eigenvalue weighted by Crippen LogP contribution is -2.36.